The Hall–Kier alpha value is -0.530. The zero-order valence-corrected chi connectivity index (χ0v) is 8.91. The molecule has 80 valence electrons. The van der Waals surface area contributed by atoms with Gasteiger partial charge in [0.2, 0.25) is 0 Å². The highest BCUT2D eigenvalue weighted by atomic mass is 16.4. The molecule has 2 rings (SSSR count). The number of carbonyl (C=O) groups is 1. The van der Waals surface area contributed by atoms with E-state index in [0.717, 1.165) is 18.3 Å². The molecule has 0 spiro atoms. The molecule has 2 heteroatoms. The van der Waals surface area contributed by atoms with Crippen molar-refractivity contribution in [3.05, 3.63) is 0 Å². The molecule has 0 aromatic heterocycles. The van der Waals surface area contributed by atoms with Crippen molar-refractivity contribution >= 4 is 5.97 Å². The summed E-state index contributed by atoms with van der Waals surface area (Å²) >= 11 is 0. The van der Waals surface area contributed by atoms with E-state index in [-0.39, 0.29) is 5.92 Å². The molecule has 0 aliphatic heterocycles. The molecule has 0 bridgehead atoms. The van der Waals surface area contributed by atoms with E-state index in [1.165, 1.54) is 32.1 Å². The van der Waals surface area contributed by atoms with Gasteiger partial charge in [-0.05, 0) is 37.0 Å². The largest absolute Gasteiger partial charge is 0.481 e. The molecule has 0 heterocycles. The van der Waals surface area contributed by atoms with E-state index >= 15 is 0 Å². The summed E-state index contributed by atoms with van der Waals surface area (Å²) in [5.74, 6) is 1.64. The summed E-state index contributed by atoms with van der Waals surface area (Å²) in [7, 11) is 0. The van der Waals surface area contributed by atoms with Gasteiger partial charge < -0.3 is 5.11 Å². The summed E-state index contributed by atoms with van der Waals surface area (Å²) in [4.78, 5) is 10.7. The highest BCUT2D eigenvalue weighted by molar-refractivity contribution is 5.73. The molecule has 2 unspecified atom stereocenters. The molecule has 2 saturated carbocycles. The lowest BCUT2D eigenvalue weighted by Gasteiger charge is -2.27. The molecule has 0 saturated heterocycles. The van der Waals surface area contributed by atoms with Crippen LogP contribution in [-0.4, -0.2) is 11.1 Å². The Balaban J connectivity index is 1.77. The summed E-state index contributed by atoms with van der Waals surface area (Å²) in [6, 6.07) is 0. The van der Waals surface area contributed by atoms with Crippen LogP contribution in [-0.2, 0) is 4.79 Å². The van der Waals surface area contributed by atoms with Gasteiger partial charge in [0.15, 0.2) is 0 Å². The van der Waals surface area contributed by atoms with Gasteiger partial charge in [0.1, 0.15) is 0 Å². The van der Waals surface area contributed by atoms with Crippen LogP contribution in [0, 0.1) is 23.7 Å². The van der Waals surface area contributed by atoms with Crippen LogP contribution >= 0.6 is 0 Å². The Morgan fingerprint density at radius 2 is 1.93 bits per heavy atom. The third kappa shape index (κ3) is 1.94. The van der Waals surface area contributed by atoms with Crippen LogP contribution in [0.1, 0.15) is 45.4 Å². The van der Waals surface area contributed by atoms with Gasteiger partial charge in [0, 0.05) is 0 Å². The molecular weight excluding hydrogens is 176 g/mol. The van der Waals surface area contributed by atoms with Crippen LogP contribution in [0.4, 0.5) is 0 Å². The monoisotopic (exact) mass is 196 g/mol. The quantitative estimate of drug-likeness (QED) is 0.753. The zero-order valence-electron chi connectivity index (χ0n) is 8.91. The van der Waals surface area contributed by atoms with Crippen molar-refractivity contribution in [3.63, 3.8) is 0 Å². The van der Waals surface area contributed by atoms with E-state index < -0.39 is 5.97 Å². The minimum absolute atomic E-state index is 0.0122. The predicted octanol–water partition coefficient (Wildman–Crippen LogP) is 2.92. The van der Waals surface area contributed by atoms with Crippen LogP contribution in [0.15, 0.2) is 0 Å². The lowest BCUT2D eigenvalue weighted by Crippen LogP contribution is -2.17. The second-order valence-corrected chi connectivity index (χ2v) is 5.03. The molecule has 2 fully saturated rings. The average molecular weight is 196 g/mol. The van der Waals surface area contributed by atoms with Crippen LogP contribution in [0.25, 0.3) is 0 Å². The first kappa shape index (κ1) is 10.0. The minimum atomic E-state index is -0.562. The van der Waals surface area contributed by atoms with Crippen molar-refractivity contribution in [1.29, 1.82) is 0 Å². The fraction of sp³-hybridized carbons (Fsp3) is 0.917. The Morgan fingerprint density at radius 3 is 2.36 bits per heavy atom. The fourth-order valence-corrected chi connectivity index (χ4v) is 3.04. The second kappa shape index (κ2) is 3.92. The Labute approximate surface area is 85.7 Å². The molecule has 1 N–H and O–H groups in total. The zero-order chi connectivity index (χ0) is 10.1. The van der Waals surface area contributed by atoms with Crippen molar-refractivity contribution in [2.75, 3.05) is 0 Å². The summed E-state index contributed by atoms with van der Waals surface area (Å²) in [6.07, 6.45) is 7.50. The first-order chi connectivity index (χ1) is 6.72. The molecule has 0 aromatic rings. The van der Waals surface area contributed by atoms with Gasteiger partial charge in [-0.3, -0.25) is 4.79 Å². The number of hydrogen-bond donors (Lipinski definition) is 1. The van der Waals surface area contributed by atoms with Gasteiger partial charge in [-0.15, -0.1) is 0 Å². The van der Waals surface area contributed by atoms with Gasteiger partial charge in [0.25, 0.3) is 0 Å². The first-order valence-corrected chi connectivity index (χ1v) is 5.95. The van der Waals surface area contributed by atoms with Gasteiger partial charge >= 0.3 is 5.97 Å². The van der Waals surface area contributed by atoms with E-state index in [1.807, 2.05) is 0 Å². The SMILES string of the molecule is CCC1CCC(C2CC2C(=O)O)CC1. The normalized spacial score (nSPS) is 42.1. The second-order valence-electron chi connectivity index (χ2n) is 5.03. The lowest BCUT2D eigenvalue weighted by molar-refractivity contribution is -0.139. The summed E-state index contributed by atoms with van der Waals surface area (Å²) < 4.78 is 0. The van der Waals surface area contributed by atoms with Crippen LogP contribution in [0.2, 0.25) is 0 Å². The van der Waals surface area contributed by atoms with Gasteiger partial charge in [-0.1, -0.05) is 26.2 Å². The molecule has 0 radical (unpaired) electrons. The van der Waals surface area contributed by atoms with Crippen molar-refractivity contribution in [1.82, 2.24) is 0 Å². The topological polar surface area (TPSA) is 37.3 Å². The predicted molar refractivity (Wildman–Crippen MR) is 55.0 cm³/mol. The van der Waals surface area contributed by atoms with E-state index in [1.54, 1.807) is 0 Å². The minimum Gasteiger partial charge on any atom is -0.481 e. The molecule has 2 aliphatic carbocycles. The third-order valence-corrected chi connectivity index (χ3v) is 4.23. The average Bonchev–Trinajstić information content (AvgIpc) is 2.97. The van der Waals surface area contributed by atoms with E-state index in [0.29, 0.717) is 5.92 Å². The van der Waals surface area contributed by atoms with Crippen LogP contribution in [0.5, 0.6) is 0 Å². The maximum atomic E-state index is 10.7. The third-order valence-electron chi connectivity index (χ3n) is 4.23. The van der Waals surface area contributed by atoms with E-state index in [4.69, 9.17) is 5.11 Å². The lowest BCUT2D eigenvalue weighted by atomic mass is 9.78. The molecule has 0 aromatic carbocycles. The molecule has 0 amide bonds. The standard InChI is InChI=1S/C12H20O2/c1-2-8-3-5-9(6-4-8)10-7-11(10)12(13)14/h8-11H,2-7H2,1H3,(H,13,14). The molecule has 2 aliphatic rings. The van der Waals surface area contributed by atoms with E-state index in [9.17, 15) is 4.79 Å². The Kier molecular flexibility index (Phi) is 2.80. The maximum absolute atomic E-state index is 10.7. The molecule has 14 heavy (non-hydrogen) atoms. The smallest absolute Gasteiger partial charge is 0.306 e. The van der Waals surface area contributed by atoms with Crippen molar-refractivity contribution in [3.8, 4) is 0 Å². The fourth-order valence-electron chi connectivity index (χ4n) is 3.04. The Bertz CT molecular complexity index is 216. The number of rotatable bonds is 3. The number of hydrogen-bond acceptors (Lipinski definition) is 1. The summed E-state index contributed by atoms with van der Waals surface area (Å²) in [5, 5.41) is 8.85. The van der Waals surface area contributed by atoms with Crippen LogP contribution < -0.4 is 0 Å². The summed E-state index contributed by atoms with van der Waals surface area (Å²) in [5.41, 5.74) is 0. The van der Waals surface area contributed by atoms with Crippen LogP contribution in [0.3, 0.4) is 0 Å². The number of carboxylic acid groups (broad SMARTS) is 1. The van der Waals surface area contributed by atoms with Crippen molar-refractivity contribution in [2.24, 2.45) is 23.7 Å². The first-order valence-electron chi connectivity index (χ1n) is 5.95. The number of aliphatic carboxylic acids is 1. The summed E-state index contributed by atoms with van der Waals surface area (Å²) in [6.45, 7) is 2.27. The van der Waals surface area contributed by atoms with Gasteiger partial charge in [-0.2, -0.15) is 0 Å². The van der Waals surface area contributed by atoms with Crippen molar-refractivity contribution < 1.29 is 9.90 Å². The highest BCUT2D eigenvalue weighted by Gasteiger charge is 2.47. The van der Waals surface area contributed by atoms with Crippen molar-refractivity contribution in [2.45, 2.75) is 45.4 Å². The molecule has 2 nitrogen and oxygen atoms in total. The van der Waals surface area contributed by atoms with Gasteiger partial charge in [0.05, 0.1) is 5.92 Å². The maximum Gasteiger partial charge on any atom is 0.306 e. The van der Waals surface area contributed by atoms with Gasteiger partial charge in [-0.25, -0.2) is 0 Å². The Morgan fingerprint density at radius 1 is 1.29 bits per heavy atom. The van der Waals surface area contributed by atoms with E-state index in [2.05, 4.69) is 6.92 Å². The molecular formula is C12H20O2. The molecule has 2 atom stereocenters. The number of carboxylic acids is 1. The highest BCUT2D eigenvalue weighted by Crippen LogP contribution is 2.50.